The number of imidazole rings is 1. The van der Waals surface area contributed by atoms with Gasteiger partial charge in [0.15, 0.2) is 11.5 Å². The van der Waals surface area contributed by atoms with E-state index in [0.717, 1.165) is 35.8 Å². The summed E-state index contributed by atoms with van der Waals surface area (Å²) in [6, 6.07) is 5.95. The van der Waals surface area contributed by atoms with Crippen LogP contribution in [0.5, 0.6) is 11.5 Å². The van der Waals surface area contributed by atoms with Gasteiger partial charge in [0.25, 0.3) is 0 Å². The van der Waals surface area contributed by atoms with Crippen molar-refractivity contribution in [3.63, 3.8) is 0 Å². The van der Waals surface area contributed by atoms with E-state index in [1.807, 2.05) is 36.0 Å². The van der Waals surface area contributed by atoms with Crippen molar-refractivity contribution in [1.29, 1.82) is 0 Å². The third kappa shape index (κ3) is 1.98. The minimum atomic E-state index is 0.707. The second-order valence-corrected chi connectivity index (χ2v) is 4.14. The van der Waals surface area contributed by atoms with Gasteiger partial charge in [-0.3, -0.25) is 0 Å². The number of ether oxygens (including phenoxy) is 2. The number of hydrogen-bond donors (Lipinski definition) is 0. The summed E-state index contributed by atoms with van der Waals surface area (Å²) >= 11 is 0. The number of benzene rings is 1. The summed E-state index contributed by atoms with van der Waals surface area (Å²) < 4.78 is 13.2. The molecule has 1 aromatic heterocycles. The van der Waals surface area contributed by atoms with Crippen molar-refractivity contribution in [3.05, 3.63) is 30.7 Å². The quantitative estimate of drug-likeness (QED) is 0.753. The first-order chi connectivity index (χ1) is 8.33. The highest BCUT2D eigenvalue weighted by molar-refractivity contribution is 5.63. The first-order valence-corrected chi connectivity index (χ1v) is 5.71. The van der Waals surface area contributed by atoms with Crippen molar-refractivity contribution in [2.24, 2.45) is 7.05 Å². The molecule has 0 atom stereocenters. The molecule has 2 heterocycles. The Balaban J connectivity index is 2.00. The predicted octanol–water partition coefficient (Wildman–Crippen LogP) is 2.25. The molecule has 17 heavy (non-hydrogen) atoms. The van der Waals surface area contributed by atoms with Crippen molar-refractivity contribution in [2.75, 3.05) is 13.2 Å². The molecule has 0 spiro atoms. The lowest BCUT2D eigenvalue weighted by molar-refractivity contribution is 0.297. The van der Waals surface area contributed by atoms with Crippen LogP contribution in [0.15, 0.2) is 30.7 Å². The smallest absolute Gasteiger partial charge is 0.161 e. The molecule has 0 N–H and O–H groups in total. The highest BCUT2D eigenvalue weighted by atomic mass is 16.5. The third-order valence-electron chi connectivity index (χ3n) is 2.75. The van der Waals surface area contributed by atoms with Crippen LogP contribution in [-0.2, 0) is 7.05 Å². The van der Waals surface area contributed by atoms with Crippen LogP contribution in [0.3, 0.4) is 0 Å². The van der Waals surface area contributed by atoms with Crippen LogP contribution in [0.1, 0.15) is 6.42 Å². The molecular weight excluding hydrogens is 216 g/mol. The molecule has 4 nitrogen and oxygen atoms in total. The van der Waals surface area contributed by atoms with Gasteiger partial charge in [0, 0.05) is 25.2 Å². The van der Waals surface area contributed by atoms with Gasteiger partial charge in [-0.15, -0.1) is 0 Å². The molecule has 0 bridgehead atoms. The summed E-state index contributed by atoms with van der Waals surface area (Å²) in [7, 11) is 1.96. The largest absolute Gasteiger partial charge is 0.490 e. The molecular formula is C13H14N2O2. The molecule has 0 fully saturated rings. The van der Waals surface area contributed by atoms with Gasteiger partial charge in [-0.25, -0.2) is 4.98 Å². The second-order valence-electron chi connectivity index (χ2n) is 4.14. The zero-order chi connectivity index (χ0) is 11.7. The van der Waals surface area contributed by atoms with Crippen LogP contribution in [0.25, 0.3) is 11.3 Å². The van der Waals surface area contributed by atoms with Crippen LogP contribution >= 0.6 is 0 Å². The number of aromatic nitrogens is 2. The molecule has 4 heteroatoms. The molecule has 0 amide bonds. The van der Waals surface area contributed by atoms with Gasteiger partial charge >= 0.3 is 0 Å². The minimum Gasteiger partial charge on any atom is -0.490 e. The minimum absolute atomic E-state index is 0.707. The Labute approximate surface area is 99.8 Å². The Hall–Kier alpha value is -1.97. The van der Waals surface area contributed by atoms with E-state index in [4.69, 9.17) is 9.47 Å². The van der Waals surface area contributed by atoms with E-state index in [1.54, 1.807) is 6.33 Å². The van der Waals surface area contributed by atoms with Crippen molar-refractivity contribution in [1.82, 2.24) is 9.55 Å². The molecule has 0 aliphatic carbocycles. The molecule has 1 aliphatic heterocycles. The van der Waals surface area contributed by atoms with Gasteiger partial charge < -0.3 is 14.0 Å². The normalized spacial score (nSPS) is 14.4. The lowest BCUT2D eigenvalue weighted by atomic mass is 10.1. The van der Waals surface area contributed by atoms with E-state index >= 15 is 0 Å². The average molecular weight is 230 g/mol. The van der Waals surface area contributed by atoms with E-state index < -0.39 is 0 Å². The number of hydrogen-bond acceptors (Lipinski definition) is 3. The maximum Gasteiger partial charge on any atom is 0.161 e. The summed E-state index contributed by atoms with van der Waals surface area (Å²) in [6.45, 7) is 1.43. The lowest BCUT2D eigenvalue weighted by Crippen LogP contribution is -1.97. The van der Waals surface area contributed by atoms with Gasteiger partial charge in [0.05, 0.1) is 25.2 Å². The Morgan fingerprint density at radius 3 is 2.76 bits per heavy atom. The van der Waals surface area contributed by atoms with Gasteiger partial charge in [0.2, 0.25) is 0 Å². The van der Waals surface area contributed by atoms with Crippen molar-refractivity contribution >= 4 is 0 Å². The van der Waals surface area contributed by atoms with Crippen molar-refractivity contribution in [3.8, 4) is 22.8 Å². The third-order valence-corrected chi connectivity index (χ3v) is 2.75. The highest BCUT2D eigenvalue weighted by Crippen LogP contribution is 2.33. The molecule has 0 saturated carbocycles. The van der Waals surface area contributed by atoms with Crippen LogP contribution in [0.4, 0.5) is 0 Å². The van der Waals surface area contributed by atoms with E-state index in [2.05, 4.69) is 4.98 Å². The monoisotopic (exact) mass is 230 g/mol. The van der Waals surface area contributed by atoms with Crippen LogP contribution < -0.4 is 9.47 Å². The summed E-state index contributed by atoms with van der Waals surface area (Å²) in [6.07, 6.45) is 4.70. The van der Waals surface area contributed by atoms with Crippen LogP contribution in [-0.4, -0.2) is 22.8 Å². The molecule has 1 aromatic carbocycles. The summed E-state index contributed by atoms with van der Waals surface area (Å²) in [5.74, 6) is 1.63. The topological polar surface area (TPSA) is 36.3 Å². The lowest BCUT2D eigenvalue weighted by Gasteiger charge is -2.07. The van der Waals surface area contributed by atoms with Crippen molar-refractivity contribution < 1.29 is 9.47 Å². The molecule has 0 saturated heterocycles. The van der Waals surface area contributed by atoms with E-state index in [9.17, 15) is 0 Å². The number of fused-ring (bicyclic) bond motifs is 1. The fourth-order valence-electron chi connectivity index (χ4n) is 1.88. The highest BCUT2D eigenvalue weighted by Gasteiger charge is 2.12. The van der Waals surface area contributed by atoms with E-state index in [0.29, 0.717) is 6.61 Å². The first kappa shape index (κ1) is 10.2. The maximum absolute atomic E-state index is 5.66. The zero-order valence-electron chi connectivity index (χ0n) is 9.72. The SMILES string of the molecule is Cn1cnc(-c2ccc3c(c2)OCCCO3)c1. The molecule has 0 unspecified atom stereocenters. The van der Waals surface area contributed by atoms with Gasteiger partial charge in [-0.05, 0) is 18.2 Å². The standard InChI is InChI=1S/C13H14N2O2/c1-15-8-11(14-9-15)10-3-4-12-13(7-10)17-6-2-5-16-12/h3-4,7-9H,2,5-6H2,1H3. The second kappa shape index (κ2) is 4.13. The maximum atomic E-state index is 5.66. The van der Waals surface area contributed by atoms with Crippen LogP contribution in [0.2, 0.25) is 0 Å². The first-order valence-electron chi connectivity index (χ1n) is 5.71. The fourth-order valence-corrected chi connectivity index (χ4v) is 1.88. The Kier molecular flexibility index (Phi) is 2.48. The molecule has 3 rings (SSSR count). The summed E-state index contributed by atoms with van der Waals surface area (Å²) in [4.78, 5) is 4.32. The Morgan fingerprint density at radius 1 is 1.18 bits per heavy atom. The number of rotatable bonds is 1. The summed E-state index contributed by atoms with van der Waals surface area (Å²) in [5, 5.41) is 0. The van der Waals surface area contributed by atoms with Crippen molar-refractivity contribution in [2.45, 2.75) is 6.42 Å². The van der Waals surface area contributed by atoms with Gasteiger partial charge in [0.1, 0.15) is 0 Å². The van der Waals surface area contributed by atoms with E-state index in [1.165, 1.54) is 0 Å². The van der Waals surface area contributed by atoms with Gasteiger partial charge in [-0.2, -0.15) is 0 Å². The molecule has 88 valence electrons. The Bertz CT molecular complexity index is 534. The number of nitrogens with zero attached hydrogens (tertiary/aromatic N) is 2. The molecule has 2 aromatic rings. The fraction of sp³-hybridized carbons (Fsp3) is 0.308. The Morgan fingerprint density at radius 2 is 2.00 bits per heavy atom. The zero-order valence-corrected chi connectivity index (χ0v) is 9.72. The molecule has 0 radical (unpaired) electrons. The number of aryl methyl sites for hydroxylation is 1. The summed E-state index contributed by atoms with van der Waals surface area (Å²) in [5.41, 5.74) is 2.00. The molecule has 1 aliphatic rings. The predicted molar refractivity (Wildman–Crippen MR) is 64.3 cm³/mol. The van der Waals surface area contributed by atoms with Crippen LogP contribution in [0, 0.1) is 0 Å². The van der Waals surface area contributed by atoms with Gasteiger partial charge in [-0.1, -0.05) is 0 Å². The average Bonchev–Trinajstić information content (AvgIpc) is 2.64. The van der Waals surface area contributed by atoms with E-state index in [-0.39, 0.29) is 0 Å².